The van der Waals surface area contributed by atoms with Crippen molar-refractivity contribution in [1.29, 1.82) is 0 Å². The first kappa shape index (κ1) is 18.9. The number of hydrogen-bond donors (Lipinski definition) is 1. The summed E-state index contributed by atoms with van der Waals surface area (Å²) in [5.74, 6) is 1.15. The number of rotatable bonds is 4. The molecule has 10 heteroatoms. The summed E-state index contributed by atoms with van der Waals surface area (Å²) < 4.78 is 63.6. The van der Waals surface area contributed by atoms with Crippen LogP contribution in [0, 0.1) is 11.8 Å². The fourth-order valence-corrected chi connectivity index (χ4v) is 5.85. The molecular weight excluding hydrogens is 381 g/mol. The second kappa shape index (κ2) is 6.88. The lowest BCUT2D eigenvalue weighted by atomic mass is 9.95. The fraction of sp³-hybridized carbons (Fsp3) is 0.765. The van der Waals surface area contributed by atoms with Gasteiger partial charge in [-0.2, -0.15) is 13.2 Å². The molecule has 1 aliphatic heterocycles. The molecule has 2 heterocycles. The van der Waals surface area contributed by atoms with Gasteiger partial charge in [-0.05, 0) is 31.1 Å². The van der Waals surface area contributed by atoms with Gasteiger partial charge in [0.2, 0.25) is 5.95 Å². The third-order valence-corrected chi connectivity index (χ3v) is 7.63. The van der Waals surface area contributed by atoms with Crippen LogP contribution >= 0.6 is 0 Å². The molecule has 4 rings (SSSR count). The molecule has 27 heavy (non-hydrogen) atoms. The highest BCUT2D eigenvalue weighted by Crippen LogP contribution is 2.45. The Morgan fingerprint density at radius 3 is 2.52 bits per heavy atom. The smallest absolute Gasteiger partial charge is 0.351 e. The van der Waals surface area contributed by atoms with Gasteiger partial charge in [0.15, 0.2) is 15.5 Å². The van der Waals surface area contributed by atoms with Crippen molar-refractivity contribution in [3.63, 3.8) is 0 Å². The molecule has 1 saturated heterocycles. The van der Waals surface area contributed by atoms with Crippen LogP contribution in [0.4, 0.5) is 19.1 Å². The van der Waals surface area contributed by atoms with Crippen molar-refractivity contribution in [2.75, 3.05) is 29.9 Å². The minimum Gasteiger partial charge on any atom is -0.351 e. The first-order chi connectivity index (χ1) is 12.7. The number of aromatic nitrogens is 2. The summed E-state index contributed by atoms with van der Waals surface area (Å²) in [5.41, 5.74) is -0.947. The van der Waals surface area contributed by atoms with E-state index in [1.165, 1.54) is 12.6 Å². The van der Waals surface area contributed by atoms with Gasteiger partial charge in [0.25, 0.3) is 0 Å². The van der Waals surface area contributed by atoms with Gasteiger partial charge in [0.1, 0.15) is 0 Å². The standard InChI is InChI=1S/C17H23F3N4O2S/c18-17(19,20)15-13(10-24-3-5-27(25,26)6-4-24)9-21-16(23-15)22-14-8-11-1-2-12(14)7-11/h9,11-12,14H,1-8,10H2,(H,21,22,23)/t11-,12+,14-/m1/s1. The number of sulfone groups is 1. The highest BCUT2D eigenvalue weighted by atomic mass is 32.2. The lowest BCUT2D eigenvalue weighted by Crippen LogP contribution is -2.40. The van der Waals surface area contributed by atoms with Crippen LogP contribution in [0.3, 0.4) is 0 Å². The maximum Gasteiger partial charge on any atom is 0.433 e. The van der Waals surface area contributed by atoms with Gasteiger partial charge >= 0.3 is 6.18 Å². The second-order valence-electron chi connectivity index (χ2n) is 7.92. The Bertz CT molecular complexity index is 801. The molecule has 0 unspecified atom stereocenters. The first-order valence-electron chi connectivity index (χ1n) is 9.32. The van der Waals surface area contributed by atoms with Gasteiger partial charge in [-0.15, -0.1) is 0 Å². The molecule has 0 spiro atoms. The van der Waals surface area contributed by atoms with Crippen molar-refractivity contribution in [2.24, 2.45) is 11.8 Å². The van der Waals surface area contributed by atoms with E-state index in [1.807, 2.05) is 0 Å². The maximum atomic E-state index is 13.5. The average Bonchev–Trinajstić information content (AvgIpc) is 3.20. The van der Waals surface area contributed by atoms with E-state index in [0.717, 1.165) is 19.3 Å². The summed E-state index contributed by atoms with van der Waals surface area (Å²) in [6, 6.07) is 0.156. The number of hydrogen-bond acceptors (Lipinski definition) is 6. The van der Waals surface area contributed by atoms with Crippen LogP contribution in [0.15, 0.2) is 6.20 Å². The van der Waals surface area contributed by atoms with E-state index < -0.39 is 21.7 Å². The molecule has 2 bridgehead atoms. The number of nitrogens with zero attached hydrogens (tertiary/aromatic N) is 3. The summed E-state index contributed by atoms with van der Waals surface area (Å²) in [5, 5.41) is 3.11. The normalized spacial score (nSPS) is 30.6. The molecule has 2 aliphatic carbocycles. The topological polar surface area (TPSA) is 75.2 Å². The molecule has 0 radical (unpaired) electrons. The summed E-state index contributed by atoms with van der Waals surface area (Å²) >= 11 is 0. The predicted octanol–water partition coefficient (Wildman–Crippen LogP) is 2.33. The Hall–Kier alpha value is -1.42. The van der Waals surface area contributed by atoms with Crippen molar-refractivity contribution in [3.05, 3.63) is 17.5 Å². The van der Waals surface area contributed by atoms with Crippen LogP contribution in [0.25, 0.3) is 0 Å². The average molecular weight is 404 g/mol. The molecule has 1 aromatic heterocycles. The molecule has 3 atom stereocenters. The van der Waals surface area contributed by atoms with Gasteiger partial charge in [-0.1, -0.05) is 6.42 Å². The molecule has 1 aromatic rings. The van der Waals surface area contributed by atoms with E-state index in [2.05, 4.69) is 15.3 Å². The van der Waals surface area contributed by atoms with Crippen molar-refractivity contribution in [2.45, 2.75) is 44.4 Å². The van der Waals surface area contributed by atoms with E-state index in [9.17, 15) is 21.6 Å². The van der Waals surface area contributed by atoms with Crippen LogP contribution in [-0.4, -0.2) is 53.9 Å². The summed E-state index contributed by atoms with van der Waals surface area (Å²) in [6.45, 7) is 0.453. The third kappa shape index (κ3) is 4.21. The molecule has 0 amide bonds. The van der Waals surface area contributed by atoms with Crippen molar-refractivity contribution >= 4 is 15.8 Å². The fourth-order valence-electron chi connectivity index (χ4n) is 4.57. The number of halogens is 3. The number of anilines is 1. The molecule has 6 nitrogen and oxygen atoms in total. The van der Waals surface area contributed by atoms with Crippen molar-refractivity contribution in [3.8, 4) is 0 Å². The molecule has 3 fully saturated rings. The maximum absolute atomic E-state index is 13.5. The largest absolute Gasteiger partial charge is 0.433 e. The van der Waals surface area contributed by atoms with E-state index >= 15 is 0 Å². The van der Waals surface area contributed by atoms with Crippen LogP contribution < -0.4 is 5.32 Å². The Kier molecular flexibility index (Phi) is 4.82. The van der Waals surface area contributed by atoms with E-state index in [1.54, 1.807) is 4.90 Å². The van der Waals surface area contributed by atoms with Gasteiger partial charge in [-0.25, -0.2) is 18.4 Å². The van der Waals surface area contributed by atoms with Crippen LogP contribution in [-0.2, 0) is 22.6 Å². The van der Waals surface area contributed by atoms with E-state index in [4.69, 9.17) is 0 Å². The van der Waals surface area contributed by atoms with Gasteiger partial charge in [0.05, 0.1) is 11.5 Å². The zero-order valence-corrected chi connectivity index (χ0v) is 15.7. The van der Waals surface area contributed by atoms with Crippen molar-refractivity contribution < 1.29 is 21.6 Å². The zero-order chi connectivity index (χ0) is 19.2. The SMILES string of the molecule is O=S1(=O)CCN(Cc2cnc(N[C@@H]3C[C@@H]4CC[C@H]3C4)nc2C(F)(F)F)CC1. The molecule has 150 valence electrons. The van der Waals surface area contributed by atoms with E-state index in [-0.39, 0.29) is 48.7 Å². The third-order valence-electron chi connectivity index (χ3n) is 6.02. The minimum atomic E-state index is -4.58. The van der Waals surface area contributed by atoms with E-state index in [0.29, 0.717) is 11.8 Å². The first-order valence-corrected chi connectivity index (χ1v) is 11.1. The van der Waals surface area contributed by atoms with Gasteiger partial charge in [0, 0.05) is 37.4 Å². The lowest BCUT2D eigenvalue weighted by molar-refractivity contribution is -0.142. The lowest BCUT2D eigenvalue weighted by Gasteiger charge is -2.27. The highest BCUT2D eigenvalue weighted by Gasteiger charge is 2.41. The van der Waals surface area contributed by atoms with Gasteiger partial charge in [-0.3, -0.25) is 4.90 Å². The Balaban J connectivity index is 1.50. The zero-order valence-electron chi connectivity index (χ0n) is 14.9. The summed E-state index contributed by atoms with van der Waals surface area (Å²) in [4.78, 5) is 9.63. The number of fused-ring (bicyclic) bond motifs is 2. The van der Waals surface area contributed by atoms with Crippen LogP contribution in [0.2, 0.25) is 0 Å². The number of nitrogens with one attached hydrogen (secondary N) is 1. The predicted molar refractivity (Wildman–Crippen MR) is 93.8 cm³/mol. The Labute approximate surface area is 156 Å². The Morgan fingerprint density at radius 1 is 1.19 bits per heavy atom. The number of alkyl halides is 3. The second-order valence-corrected chi connectivity index (χ2v) is 10.2. The molecule has 0 aromatic carbocycles. The summed E-state index contributed by atoms with van der Waals surface area (Å²) in [6.07, 6.45) is 1.09. The molecule has 3 aliphatic rings. The van der Waals surface area contributed by atoms with Crippen LogP contribution in [0.1, 0.15) is 36.9 Å². The quantitative estimate of drug-likeness (QED) is 0.830. The molecule has 1 N–H and O–H groups in total. The Morgan fingerprint density at radius 2 is 1.93 bits per heavy atom. The molecular formula is C17H23F3N4O2S. The van der Waals surface area contributed by atoms with Gasteiger partial charge < -0.3 is 5.32 Å². The van der Waals surface area contributed by atoms with Crippen molar-refractivity contribution in [1.82, 2.24) is 14.9 Å². The molecule has 2 saturated carbocycles. The minimum absolute atomic E-state index is 0.00122. The summed E-state index contributed by atoms with van der Waals surface area (Å²) in [7, 11) is -3.08. The monoisotopic (exact) mass is 404 g/mol. The van der Waals surface area contributed by atoms with Crippen LogP contribution in [0.5, 0.6) is 0 Å². The highest BCUT2D eigenvalue weighted by molar-refractivity contribution is 7.91.